The molecule has 0 aliphatic rings. The monoisotopic (exact) mass is 410 g/mol. The number of rotatable bonds is 8. The van der Waals surface area contributed by atoms with Crippen LogP contribution in [0.25, 0.3) is 0 Å². The van der Waals surface area contributed by atoms with Gasteiger partial charge in [0.25, 0.3) is 5.91 Å². The van der Waals surface area contributed by atoms with Crippen molar-refractivity contribution in [2.45, 2.75) is 27.0 Å². The van der Waals surface area contributed by atoms with E-state index in [1.165, 1.54) is 0 Å². The van der Waals surface area contributed by atoms with Crippen molar-refractivity contribution < 1.29 is 23.5 Å². The lowest BCUT2D eigenvalue weighted by atomic mass is 10.1. The highest BCUT2D eigenvalue weighted by molar-refractivity contribution is 5.94. The maximum absolute atomic E-state index is 12.9. The van der Waals surface area contributed by atoms with E-state index in [0.717, 1.165) is 28.3 Å². The summed E-state index contributed by atoms with van der Waals surface area (Å²) in [5.41, 5.74) is 3.22. The van der Waals surface area contributed by atoms with E-state index in [-0.39, 0.29) is 5.91 Å². The minimum absolute atomic E-state index is 0.110. The smallest absolute Gasteiger partial charge is 0.254 e. The second-order valence-electron chi connectivity index (χ2n) is 6.97. The van der Waals surface area contributed by atoms with E-state index >= 15 is 0 Å². The number of carbonyl (C=O) groups excluding carboxylic acids is 1. The van der Waals surface area contributed by atoms with E-state index in [4.69, 9.17) is 18.7 Å². The topological polar surface area (TPSA) is 74.0 Å². The van der Waals surface area contributed by atoms with Crippen molar-refractivity contribution in [1.29, 1.82) is 0 Å². The molecule has 158 valence electrons. The van der Waals surface area contributed by atoms with Crippen LogP contribution in [0.2, 0.25) is 0 Å². The third-order valence-electron chi connectivity index (χ3n) is 4.89. The first-order valence-electron chi connectivity index (χ1n) is 9.54. The van der Waals surface area contributed by atoms with E-state index in [1.807, 2.05) is 38.1 Å². The van der Waals surface area contributed by atoms with Gasteiger partial charge in [0.2, 0.25) is 0 Å². The fourth-order valence-electron chi connectivity index (χ4n) is 3.07. The van der Waals surface area contributed by atoms with Gasteiger partial charge in [-0.3, -0.25) is 4.79 Å². The van der Waals surface area contributed by atoms with Crippen LogP contribution in [0.3, 0.4) is 0 Å². The number of aromatic nitrogens is 1. The zero-order valence-electron chi connectivity index (χ0n) is 17.9. The molecule has 2 aromatic carbocycles. The molecule has 7 heteroatoms. The van der Waals surface area contributed by atoms with Crippen LogP contribution in [-0.2, 0) is 13.2 Å². The van der Waals surface area contributed by atoms with Gasteiger partial charge in [-0.2, -0.15) is 0 Å². The number of carbonyl (C=O) groups is 1. The first-order chi connectivity index (χ1) is 14.4. The Morgan fingerprint density at radius 3 is 2.37 bits per heavy atom. The molecule has 1 aromatic heterocycles. The zero-order valence-corrected chi connectivity index (χ0v) is 17.9. The number of methoxy groups -OCH3 is 2. The molecule has 0 aliphatic heterocycles. The Kier molecular flexibility index (Phi) is 6.61. The third kappa shape index (κ3) is 4.74. The third-order valence-corrected chi connectivity index (χ3v) is 4.89. The second-order valence-corrected chi connectivity index (χ2v) is 6.97. The predicted octanol–water partition coefficient (Wildman–Crippen LogP) is 4.16. The minimum atomic E-state index is -0.110. The van der Waals surface area contributed by atoms with Crippen LogP contribution in [0.4, 0.5) is 0 Å². The Morgan fingerprint density at radius 2 is 1.77 bits per heavy atom. The molecule has 0 fully saturated rings. The van der Waals surface area contributed by atoms with Gasteiger partial charge in [-0.05, 0) is 49.7 Å². The average Bonchev–Trinajstić information content (AvgIpc) is 3.09. The average molecular weight is 410 g/mol. The van der Waals surface area contributed by atoms with E-state index in [1.54, 1.807) is 44.4 Å². The number of hydrogen-bond acceptors (Lipinski definition) is 6. The minimum Gasteiger partial charge on any atom is -0.497 e. The van der Waals surface area contributed by atoms with Gasteiger partial charge in [-0.15, -0.1) is 0 Å². The molecule has 0 spiro atoms. The highest BCUT2D eigenvalue weighted by Crippen LogP contribution is 2.30. The number of amides is 1. The van der Waals surface area contributed by atoms with E-state index in [2.05, 4.69) is 5.16 Å². The number of nitrogens with zero attached hydrogens (tertiary/aromatic N) is 2. The Balaban J connectivity index is 1.70. The molecule has 3 aromatic rings. The summed E-state index contributed by atoms with van der Waals surface area (Å²) < 4.78 is 21.7. The lowest BCUT2D eigenvalue weighted by Crippen LogP contribution is -2.26. The van der Waals surface area contributed by atoms with Crippen molar-refractivity contribution in [3.8, 4) is 17.2 Å². The summed E-state index contributed by atoms with van der Waals surface area (Å²) in [4.78, 5) is 14.5. The van der Waals surface area contributed by atoms with Gasteiger partial charge in [0.1, 0.15) is 18.1 Å². The number of benzene rings is 2. The van der Waals surface area contributed by atoms with Crippen LogP contribution in [0.1, 0.15) is 32.9 Å². The van der Waals surface area contributed by atoms with E-state index in [0.29, 0.717) is 30.2 Å². The second kappa shape index (κ2) is 9.35. The van der Waals surface area contributed by atoms with E-state index in [9.17, 15) is 4.79 Å². The van der Waals surface area contributed by atoms with Crippen molar-refractivity contribution in [2.24, 2.45) is 0 Å². The van der Waals surface area contributed by atoms with Crippen molar-refractivity contribution in [2.75, 3.05) is 21.3 Å². The van der Waals surface area contributed by atoms with Crippen molar-refractivity contribution in [1.82, 2.24) is 10.1 Å². The molecule has 30 heavy (non-hydrogen) atoms. The maximum atomic E-state index is 12.9. The first kappa shape index (κ1) is 21.2. The van der Waals surface area contributed by atoms with Crippen LogP contribution in [-0.4, -0.2) is 37.2 Å². The van der Waals surface area contributed by atoms with Crippen LogP contribution in [0, 0.1) is 13.8 Å². The van der Waals surface area contributed by atoms with Gasteiger partial charge in [0.15, 0.2) is 11.5 Å². The molecule has 7 nitrogen and oxygen atoms in total. The summed E-state index contributed by atoms with van der Waals surface area (Å²) in [6.45, 7) is 4.50. The molecule has 0 bridgehead atoms. The lowest BCUT2D eigenvalue weighted by Gasteiger charge is -2.19. The summed E-state index contributed by atoms with van der Waals surface area (Å²) in [5.74, 6) is 2.43. The van der Waals surface area contributed by atoms with Gasteiger partial charge >= 0.3 is 0 Å². The molecular weight excluding hydrogens is 384 g/mol. The van der Waals surface area contributed by atoms with Crippen LogP contribution in [0.15, 0.2) is 47.0 Å². The molecular formula is C23H26N2O5. The number of ether oxygens (including phenoxy) is 3. The molecule has 3 rings (SSSR count). The molecule has 0 radical (unpaired) electrons. The SMILES string of the molecule is COc1ccc(CN(C)C(=O)c2ccc(OCc3c(C)noc3C)c(OC)c2)cc1. The number of hydrogen-bond donors (Lipinski definition) is 0. The van der Waals surface area contributed by atoms with Crippen LogP contribution >= 0.6 is 0 Å². The van der Waals surface area contributed by atoms with Gasteiger partial charge in [-0.25, -0.2) is 0 Å². The quantitative estimate of drug-likeness (QED) is 0.555. The molecule has 1 heterocycles. The van der Waals surface area contributed by atoms with Gasteiger partial charge in [0.05, 0.1) is 25.5 Å². The van der Waals surface area contributed by atoms with Crippen LogP contribution < -0.4 is 14.2 Å². The number of aryl methyl sites for hydroxylation is 2. The van der Waals surface area contributed by atoms with Crippen LogP contribution in [0.5, 0.6) is 17.2 Å². The molecule has 1 amide bonds. The molecule has 0 N–H and O–H groups in total. The fraction of sp³-hybridized carbons (Fsp3) is 0.304. The molecule has 0 atom stereocenters. The molecule has 0 saturated carbocycles. The first-order valence-corrected chi connectivity index (χ1v) is 9.54. The summed E-state index contributed by atoms with van der Waals surface area (Å²) in [5, 5.41) is 3.93. The zero-order chi connectivity index (χ0) is 21.7. The van der Waals surface area contributed by atoms with Crippen molar-refractivity contribution in [3.63, 3.8) is 0 Å². The molecule has 0 aliphatic carbocycles. The van der Waals surface area contributed by atoms with Gasteiger partial charge < -0.3 is 23.6 Å². The van der Waals surface area contributed by atoms with Crippen molar-refractivity contribution >= 4 is 5.91 Å². The standard InChI is InChI=1S/C23H26N2O5/c1-15-20(16(2)30-24-15)14-29-21-11-8-18(12-22(21)28-5)23(26)25(3)13-17-6-9-19(27-4)10-7-17/h6-12H,13-14H2,1-5H3. The lowest BCUT2D eigenvalue weighted by molar-refractivity contribution is 0.0784. The van der Waals surface area contributed by atoms with E-state index < -0.39 is 0 Å². The Morgan fingerprint density at radius 1 is 1.03 bits per heavy atom. The Labute approximate surface area is 176 Å². The Bertz CT molecular complexity index is 991. The normalized spacial score (nSPS) is 10.6. The molecule has 0 saturated heterocycles. The highest BCUT2D eigenvalue weighted by atomic mass is 16.5. The summed E-state index contributed by atoms with van der Waals surface area (Å²) in [6.07, 6.45) is 0. The Hall–Kier alpha value is -3.48. The highest BCUT2D eigenvalue weighted by Gasteiger charge is 2.17. The molecule has 0 unspecified atom stereocenters. The maximum Gasteiger partial charge on any atom is 0.254 e. The van der Waals surface area contributed by atoms with Gasteiger partial charge in [0, 0.05) is 19.2 Å². The summed E-state index contributed by atoms with van der Waals surface area (Å²) in [7, 11) is 4.94. The fourth-order valence-corrected chi connectivity index (χ4v) is 3.07. The van der Waals surface area contributed by atoms with Crippen molar-refractivity contribution in [3.05, 3.63) is 70.6 Å². The summed E-state index contributed by atoms with van der Waals surface area (Å²) >= 11 is 0. The predicted molar refractivity (Wildman–Crippen MR) is 112 cm³/mol. The largest absolute Gasteiger partial charge is 0.497 e. The van der Waals surface area contributed by atoms with Gasteiger partial charge in [-0.1, -0.05) is 17.3 Å². The summed E-state index contributed by atoms with van der Waals surface area (Å²) in [6, 6.07) is 12.8.